The van der Waals surface area contributed by atoms with Gasteiger partial charge in [-0.15, -0.1) is 0 Å². The second kappa shape index (κ2) is 11.1. The van der Waals surface area contributed by atoms with Crippen LogP contribution in [0.15, 0.2) is 47.4 Å². The molecule has 1 heterocycles. The molecule has 0 spiro atoms. The molecule has 2 aromatic carbocycles. The molecule has 0 aliphatic carbocycles. The molecule has 0 unspecified atom stereocenters. The van der Waals surface area contributed by atoms with Gasteiger partial charge in [-0.3, -0.25) is 14.5 Å². The van der Waals surface area contributed by atoms with Gasteiger partial charge in [-0.1, -0.05) is 23.8 Å². The van der Waals surface area contributed by atoms with Crippen LogP contribution in [0.3, 0.4) is 0 Å². The lowest BCUT2D eigenvalue weighted by molar-refractivity contribution is -0.117. The first-order chi connectivity index (χ1) is 16.1. The van der Waals surface area contributed by atoms with Crippen LogP contribution < -0.4 is 5.32 Å². The van der Waals surface area contributed by atoms with E-state index in [0.29, 0.717) is 55.4 Å². The fraction of sp³-hybridized carbons (Fsp3) is 0.440. The van der Waals surface area contributed by atoms with Crippen molar-refractivity contribution >= 4 is 27.5 Å². The fourth-order valence-electron chi connectivity index (χ4n) is 4.18. The van der Waals surface area contributed by atoms with Crippen molar-refractivity contribution in [1.82, 2.24) is 14.1 Å². The molecule has 2 aromatic rings. The normalized spacial score (nSPS) is 15.2. The number of carbonyl (C=O) groups excluding carboxylic acids is 2. The highest BCUT2D eigenvalue weighted by atomic mass is 32.2. The summed E-state index contributed by atoms with van der Waals surface area (Å²) in [5.74, 6) is -0.264. The van der Waals surface area contributed by atoms with Crippen LogP contribution in [0.4, 0.5) is 5.69 Å². The Hall–Kier alpha value is -2.75. The maximum absolute atomic E-state index is 13.1. The van der Waals surface area contributed by atoms with Crippen LogP contribution in [0, 0.1) is 13.8 Å². The molecule has 0 bridgehead atoms. The number of rotatable bonds is 8. The van der Waals surface area contributed by atoms with E-state index in [-0.39, 0.29) is 18.4 Å². The van der Waals surface area contributed by atoms with E-state index < -0.39 is 10.0 Å². The van der Waals surface area contributed by atoms with E-state index in [2.05, 4.69) is 5.32 Å². The van der Waals surface area contributed by atoms with Crippen molar-refractivity contribution in [2.75, 3.05) is 51.1 Å². The lowest BCUT2D eigenvalue weighted by Crippen LogP contribution is -2.50. The smallest absolute Gasteiger partial charge is 0.253 e. The third-order valence-electron chi connectivity index (χ3n) is 6.09. The largest absolute Gasteiger partial charge is 0.339 e. The molecule has 8 nitrogen and oxygen atoms in total. The summed E-state index contributed by atoms with van der Waals surface area (Å²) in [5, 5.41) is 2.86. The molecule has 0 aromatic heterocycles. The van der Waals surface area contributed by atoms with Gasteiger partial charge in [0.05, 0.1) is 11.4 Å². The Balaban J connectivity index is 1.56. The van der Waals surface area contributed by atoms with E-state index in [0.717, 1.165) is 11.1 Å². The number of piperazine rings is 1. The van der Waals surface area contributed by atoms with E-state index in [4.69, 9.17) is 0 Å². The summed E-state index contributed by atoms with van der Waals surface area (Å²) in [6.07, 6.45) is 0. The number of benzene rings is 2. The molecule has 1 saturated heterocycles. The quantitative estimate of drug-likeness (QED) is 0.620. The zero-order valence-corrected chi connectivity index (χ0v) is 21.2. The van der Waals surface area contributed by atoms with Gasteiger partial charge in [0.1, 0.15) is 0 Å². The first-order valence-corrected chi connectivity index (χ1v) is 13.1. The second-order valence-corrected chi connectivity index (χ2v) is 10.5. The van der Waals surface area contributed by atoms with Crippen molar-refractivity contribution in [3.63, 3.8) is 0 Å². The first-order valence-electron chi connectivity index (χ1n) is 11.6. The number of nitrogens with zero attached hydrogens (tertiary/aromatic N) is 3. The highest BCUT2D eigenvalue weighted by molar-refractivity contribution is 7.89. The predicted octanol–water partition coefficient (Wildman–Crippen LogP) is 2.73. The van der Waals surface area contributed by atoms with Crippen LogP contribution in [0.5, 0.6) is 0 Å². The summed E-state index contributed by atoms with van der Waals surface area (Å²) in [5.41, 5.74) is 2.87. The monoisotopic (exact) mass is 486 g/mol. The number of amides is 2. The minimum absolute atomic E-state index is 0.0674. The maximum Gasteiger partial charge on any atom is 0.253 e. The predicted molar refractivity (Wildman–Crippen MR) is 133 cm³/mol. The van der Waals surface area contributed by atoms with E-state index in [1.807, 2.05) is 44.7 Å². The van der Waals surface area contributed by atoms with Crippen LogP contribution in [0.2, 0.25) is 0 Å². The average molecular weight is 487 g/mol. The Morgan fingerprint density at radius 2 is 1.65 bits per heavy atom. The summed E-state index contributed by atoms with van der Waals surface area (Å²) < 4.78 is 27.6. The minimum Gasteiger partial charge on any atom is -0.339 e. The molecule has 1 aliphatic heterocycles. The minimum atomic E-state index is -3.56. The van der Waals surface area contributed by atoms with Gasteiger partial charge in [-0.2, -0.15) is 4.31 Å². The van der Waals surface area contributed by atoms with Gasteiger partial charge < -0.3 is 10.2 Å². The lowest BCUT2D eigenvalue weighted by atomic mass is 10.1. The molecule has 1 fully saturated rings. The molecular weight excluding hydrogens is 452 g/mol. The van der Waals surface area contributed by atoms with Crippen molar-refractivity contribution in [2.45, 2.75) is 32.6 Å². The topological polar surface area (TPSA) is 90.0 Å². The molecule has 9 heteroatoms. The number of hydrogen-bond donors (Lipinski definition) is 1. The number of anilines is 1. The van der Waals surface area contributed by atoms with Crippen molar-refractivity contribution in [1.29, 1.82) is 0 Å². The van der Waals surface area contributed by atoms with Gasteiger partial charge in [0.15, 0.2) is 0 Å². The third-order valence-corrected chi connectivity index (χ3v) is 8.15. The molecule has 2 amide bonds. The lowest BCUT2D eigenvalue weighted by Gasteiger charge is -2.33. The Kier molecular flexibility index (Phi) is 8.46. The van der Waals surface area contributed by atoms with Crippen LogP contribution in [-0.4, -0.2) is 80.2 Å². The molecule has 1 aliphatic rings. The zero-order chi connectivity index (χ0) is 24.9. The first kappa shape index (κ1) is 25.9. The van der Waals surface area contributed by atoms with Crippen LogP contribution in [0.25, 0.3) is 0 Å². The summed E-state index contributed by atoms with van der Waals surface area (Å²) in [4.78, 5) is 29.2. The summed E-state index contributed by atoms with van der Waals surface area (Å²) in [6, 6.07) is 12.3. The maximum atomic E-state index is 13.1. The van der Waals surface area contributed by atoms with Gasteiger partial charge in [0.25, 0.3) is 5.91 Å². The van der Waals surface area contributed by atoms with E-state index in [1.54, 1.807) is 35.2 Å². The Morgan fingerprint density at radius 3 is 2.26 bits per heavy atom. The number of hydrogen-bond acceptors (Lipinski definition) is 5. The zero-order valence-electron chi connectivity index (χ0n) is 20.4. The number of carbonyl (C=O) groups is 2. The molecule has 184 valence electrons. The Labute approximate surface area is 202 Å². The molecule has 34 heavy (non-hydrogen) atoms. The Morgan fingerprint density at radius 1 is 0.971 bits per heavy atom. The number of nitrogens with one attached hydrogen (secondary N) is 1. The van der Waals surface area contributed by atoms with Crippen molar-refractivity contribution in [2.24, 2.45) is 0 Å². The summed E-state index contributed by atoms with van der Waals surface area (Å²) >= 11 is 0. The molecule has 0 radical (unpaired) electrons. The van der Waals surface area contributed by atoms with Crippen LogP contribution >= 0.6 is 0 Å². The van der Waals surface area contributed by atoms with Gasteiger partial charge in [-0.25, -0.2) is 8.42 Å². The molecule has 1 N–H and O–H groups in total. The van der Waals surface area contributed by atoms with Crippen LogP contribution in [0.1, 0.15) is 35.3 Å². The summed E-state index contributed by atoms with van der Waals surface area (Å²) in [6.45, 7) is 10.6. The van der Waals surface area contributed by atoms with E-state index >= 15 is 0 Å². The molecule has 0 atom stereocenters. The van der Waals surface area contributed by atoms with E-state index in [9.17, 15) is 18.0 Å². The molecule has 0 saturated carbocycles. The van der Waals surface area contributed by atoms with Crippen molar-refractivity contribution in [3.8, 4) is 0 Å². The SMILES string of the molecule is CCN(CC)C(=O)c1cccc(NC(=O)CN2CCN(S(=O)(=O)c3ccc(C)cc3C)CC2)c1. The third kappa shape index (κ3) is 6.02. The highest BCUT2D eigenvalue weighted by Crippen LogP contribution is 2.22. The summed E-state index contributed by atoms with van der Waals surface area (Å²) in [7, 11) is -3.56. The average Bonchev–Trinajstić information content (AvgIpc) is 2.80. The molecule has 3 rings (SSSR count). The number of aryl methyl sites for hydroxylation is 2. The van der Waals surface area contributed by atoms with Crippen LogP contribution in [-0.2, 0) is 14.8 Å². The fourth-order valence-corrected chi connectivity index (χ4v) is 5.81. The van der Waals surface area contributed by atoms with E-state index in [1.165, 1.54) is 4.31 Å². The van der Waals surface area contributed by atoms with Crippen molar-refractivity contribution < 1.29 is 18.0 Å². The molecular formula is C25H34N4O4S. The van der Waals surface area contributed by atoms with Gasteiger partial charge in [0.2, 0.25) is 15.9 Å². The van der Waals surface area contributed by atoms with Gasteiger partial charge in [0, 0.05) is 50.5 Å². The highest BCUT2D eigenvalue weighted by Gasteiger charge is 2.30. The van der Waals surface area contributed by atoms with Gasteiger partial charge in [-0.05, 0) is 57.5 Å². The number of sulfonamides is 1. The second-order valence-electron chi connectivity index (χ2n) is 8.56. The van der Waals surface area contributed by atoms with Crippen molar-refractivity contribution in [3.05, 3.63) is 59.2 Å². The standard InChI is InChI=1S/C25H34N4O4S/c1-5-28(6-2)25(31)21-8-7-9-22(17-21)26-24(30)18-27-12-14-29(15-13-27)34(32,33)23-11-10-19(3)16-20(23)4/h7-11,16-17H,5-6,12-15,18H2,1-4H3,(H,26,30). The Bertz CT molecular complexity index is 1140. The van der Waals surface area contributed by atoms with Gasteiger partial charge >= 0.3 is 0 Å².